The molecule has 0 aliphatic rings. The van der Waals surface area contributed by atoms with Crippen LogP contribution in [0.3, 0.4) is 0 Å². The number of carbonyl (C=O) groups is 2. The van der Waals surface area contributed by atoms with Crippen molar-refractivity contribution in [3.05, 3.63) is 16.7 Å². The van der Waals surface area contributed by atoms with Gasteiger partial charge in [0.1, 0.15) is 17.5 Å². The molecule has 4 N–H and O–H groups in total. The molecule has 0 saturated heterocycles. The number of anilines is 2. The Kier molecular flexibility index (Phi) is 6.82. The zero-order valence-corrected chi connectivity index (χ0v) is 15.9. The van der Waals surface area contributed by atoms with E-state index < -0.39 is 29.7 Å². The summed E-state index contributed by atoms with van der Waals surface area (Å²) in [5, 5.41) is 5.55. The van der Waals surface area contributed by atoms with Crippen molar-refractivity contribution in [3.63, 3.8) is 0 Å². The Morgan fingerprint density at radius 2 is 2.00 bits per heavy atom. The number of esters is 1. The Balaban J connectivity index is 2.89. The summed E-state index contributed by atoms with van der Waals surface area (Å²) in [5.41, 5.74) is 5.65. The molecule has 1 rings (SSSR count). The number of nitrogens with one attached hydrogen (secondary N) is 2. The van der Waals surface area contributed by atoms with Gasteiger partial charge < -0.3 is 25.8 Å². The minimum atomic E-state index is -0.969. The molecular formula is C15H23BrN4O4. The number of amides is 1. The van der Waals surface area contributed by atoms with Gasteiger partial charge in [0.05, 0.1) is 18.8 Å². The first kappa shape index (κ1) is 20.0. The summed E-state index contributed by atoms with van der Waals surface area (Å²) in [6, 6.07) is 0.229. The number of alkyl carbamates (subject to hydrolysis) is 1. The van der Waals surface area contributed by atoms with Crippen molar-refractivity contribution in [2.24, 2.45) is 0 Å². The van der Waals surface area contributed by atoms with Crippen molar-refractivity contribution in [2.45, 2.75) is 45.4 Å². The van der Waals surface area contributed by atoms with Crippen LogP contribution in [0.2, 0.25) is 0 Å². The van der Waals surface area contributed by atoms with Gasteiger partial charge in [-0.15, -0.1) is 0 Å². The quantitative estimate of drug-likeness (QED) is 0.646. The van der Waals surface area contributed by atoms with Gasteiger partial charge in [0.2, 0.25) is 0 Å². The van der Waals surface area contributed by atoms with E-state index in [9.17, 15) is 9.59 Å². The lowest BCUT2D eigenvalue weighted by atomic mass is 10.1. The molecule has 1 aromatic heterocycles. The number of rotatable bonds is 5. The molecule has 1 heterocycles. The molecule has 1 amide bonds. The van der Waals surface area contributed by atoms with E-state index >= 15 is 0 Å². The second kappa shape index (κ2) is 8.18. The summed E-state index contributed by atoms with van der Waals surface area (Å²) in [4.78, 5) is 28.0. The zero-order chi connectivity index (χ0) is 18.5. The van der Waals surface area contributed by atoms with Crippen LogP contribution in [-0.4, -0.2) is 41.8 Å². The summed E-state index contributed by atoms with van der Waals surface area (Å²) in [6.07, 6.45) is 0.842. The van der Waals surface area contributed by atoms with Crippen LogP contribution in [0.25, 0.3) is 0 Å². The molecule has 8 nitrogen and oxygen atoms in total. The predicted molar refractivity (Wildman–Crippen MR) is 94.6 cm³/mol. The molecule has 0 fully saturated rings. The van der Waals surface area contributed by atoms with Crippen LogP contribution < -0.4 is 16.4 Å². The number of carbonyl (C=O) groups excluding carboxylic acids is 2. The maximum Gasteiger partial charge on any atom is 0.408 e. The van der Waals surface area contributed by atoms with Crippen molar-refractivity contribution in [1.82, 2.24) is 10.3 Å². The molecule has 1 aromatic rings. The Bertz CT molecular complexity index is 604. The number of hydrogen-bond acceptors (Lipinski definition) is 7. The minimum absolute atomic E-state index is 0.269. The average Bonchev–Trinajstić information content (AvgIpc) is 2.45. The molecule has 0 aromatic carbocycles. The third-order valence-corrected chi connectivity index (χ3v) is 3.33. The average molecular weight is 403 g/mol. The second-order valence-corrected chi connectivity index (χ2v) is 7.08. The van der Waals surface area contributed by atoms with E-state index in [-0.39, 0.29) is 5.82 Å². The fraction of sp³-hybridized carbons (Fsp3) is 0.533. The molecule has 0 bridgehead atoms. The summed E-state index contributed by atoms with van der Waals surface area (Å²) in [6.45, 7) is 6.90. The Morgan fingerprint density at radius 1 is 1.38 bits per heavy atom. The van der Waals surface area contributed by atoms with E-state index in [0.717, 1.165) is 4.47 Å². The molecule has 0 radical (unpaired) electrons. The van der Waals surface area contributed by atoms with E-state index in [4.69, 9.17) is 15.2 Å². The molecule has 0 aliphatic heterocycles. The van der Waals surface area contributed by atoms with E-state index in [0.29, 0.717) is 5.69 Å². The van der Waals surface area contributed by atoms with E-state index in [1.807, 2.05) is 0 Å². The largest absolute Gasteiger partial charge is 0.467 e. The zero-order valence-electron chi connectivity index (χ0n) is 14.3. The van der Waals surface area contributed by atoms with Crippen molar-refractivity contribution in [2.75, 3.05) is 18.2 Å². The number of aromatic nitrogens is 1. The van der Waals surface area contributed by atoms with Crippen LogP contribution in [0.4, 0.5) is 16.3 Å². The number of nitrogen functional groups attached to an aromatic ring is 1. The minimum Gasteiger partial charge on any atom is -0.467 e. The lowest BCUT2D eigenvalue weighted by Crippen LogP contribution is -2.52. The fourth-order valence-electron chi connectivity index (χ4n) is 1.84. The van der Waals surface area contributed by atoms with Crippen LogP contribution >= 0.6 is 15.9 Å². The number of methoxy groups -OCH3 is 1. The first-order valence-electron chi connectivity index (χ1n) is 7.28. The standard InChI is InChI=1S/C15H23BrN4O4/c1-8(19-10-6-9(16)7-18-12(10)17)11(13(21)23-5)20-14(22)24-15(2,3)4/h6-8,11,19H,1-5H3,(H2,17,18)(H,20,22)/t8-,11+/m1/s1. The number of ether oxygens (including phenoxy) is 2. The lowest BCUT2D eigenvalue weighted by Gasteiger charge is -2.27. The number of nitrogens with zero attached hydrogens (tertiary/aromatic N) is 1. The van der Waals surface area contributed by atoms with Gasteiger partial charge in [-0.2, -0.15) is 0 Å². The summed E-state index contributed by atoms with van der Waals surface area (Å²) >= 11 is 3.30. The van der Waals surface area contributed by atoms with Crippen molar-refractivity contribution >= 4 is 39.5 Å². The van der Waals surface area contributed by atoms with Crippen LogP contribution in [0.1, 0.15) is 27.7 Å². The maximum absolute atomic E-state index is 12.0. The van der Waals surface area contributed by atoms with E-state index in [1.165, 1.54) is 7.11 Å². The number of hydrogen-bond donors (Lipinski definition) is 3. The molecule has 134 valence electrons. The van der Waals surface area contributed by atoms with Gasteiger partial charge in [-0.1, -0.05) is 0 Å². The molecule has 24 heavy (non-hydrogen) atoms. The maximum atomic E-state index is 12.0. The third kappa shape index (κ3) is 6.23. The Morgan fingerprint density at radius 3 is 2.54 bits per heavy atom. The smallest absolute Gasteiger partial charge is 0.408 e. The molecule has 2 atom stereocenters. The SMILES string of the molecule is COC(=O)[C@@H](NC(=O)OC(C)(C)C)[C@@H](C)Nc1cc(Br)cnc1N. The number of halogens is 1. The highest BCUT2D eigenvalue weighted by Gasteiger charge is 2.30. The van der Waals surface area contributed by atoms with Gasteiger partial charge in [0.25, 0.3) is 0 Å². The highest BCUT2D eigenvalue weighted by atomic mass is 79.9. The van der Waals surface area contributed by atoms with Crippen LogP contribution in [0.5, 0.6) is 0 Å². The fourth-order valence-corrected chi connectivity index (χ4v) is 2.17. The summed E-state index contributed by atoms with van der Waals surface area (Å²) in [7, 11) is 1.24. The van der Waals surface area contributed by atoms with Gasteiger partial charge >= 0.3 is 12.1 Å². The lowest BCUT2D eigenvalue weighted by molar-refractivity contribution is -0.143. The van der Waals surface area contributed by atoms with Gasteiger partial charge in [-0.3, -0.25) is 0 Å². The van der Waals surface area contributed by atoms with Crippen molar-refractivity contribution in [1.29, 1.82) is 0 Å². The van der Waals surface area contributed by atoms with Crippen molar-refractivity contribution < 1.29 is 19.1 Å². The predicted octanol–water partition coefficient (Wildman–Crippen LogP) is 2.29. The highest BCUT2D eigenvalue weighted by molar-refractivity contribution is 9.10. The topological polar surface area (TPSA) is 116 Å². The van der Waals surface area contributed by atoms with Gasteiger partial charge in [-0.25, -0.2) is 14.6 Å². The summed E-state index contributed by atoms with van der Waals surface area (Å²) in [5.74, 6) is -0.340. The normalized spacial score (nSPS) is 13.6. The Hall–Kier alpha value is -2.03. The van der Waals surface area contributed by atoms with Crippen LogP contribution in [-0.2, 0) is 14.3 Å². The molecule has 0 saturated carbocycles. The van der Waals surface area contributed by atoms with E-state index in [1.54, 1.807) is 40.0 Å². The van der Waals surface area contributed by atoms with Gasteiger partial charge in [0.15, 0.2) is 0 Å². The first-order chi connectivity index (χ1) is 11.0. The van der Waals surface area contributed by atoms with Crippen LogP contribution in [0.15, 0.2) is 16.7 Å². The molecule has 0 unspecified atom stereocenters. The monoisotopic (exact) mass is 402 g/mol. The molecular weight excluding hydrogens is 380 g/mol. The molecule has 0 aliphatic carbocycles. The molecule has 9 heteroatoms. The molecule has 0 spiro atoms. The van der Waals surface area contributed by atoms with Gasteiger partial charge in [-0.05, 0) is 49.7 Å². The Labute approximate surface area is 149 Å². The van der Waals surface area contributed by atoms with Crippen LogP contribution in [0, 0.1) is 0 Å². The first-order valence-corrected chi connectivity index (χ1v) is 8.07. The third-order valence-electron chi connectivity index (χ3n) is 2.90. The highest BCUT2D eigenvalue weighted by Crippen LogP contribution is 2.22. The van der Waals surface area contributed by atoms with Gasteiger partial charge in [0, 0.05) is 10.7 Å². The summed E-state index contributed by atoms with van der Waals surface area (Å²) < 4.78 is 10.7. The number of nitrogens with two attached hydrogens (primary N) is 1. The van der Waals surface area contributed by atoms with Crippen molar-refractivity contribution in [3.8, 4) is 0 Å². The second-order valence-electron chi connectivity index (χ2n) is 6.17. The van der Waals surface area contributed by atoms with E-state index in [2.05, 4.69) is 31.5 Å². The number of pyridine rings is 1.